The zero-order valence-corrected chi connectivity index (χ0v) is 13.3. The summed E-state index contributed by atoms with van der Waals surface area (Å²) in [5.74, 6) is 0.0512. The molecule has 0 bridgehead atoms. The number of carbonyl (C=O) groups excluding carboxylic acids is 1. The number of rotatable bonds is 6. The number of anilines is 1. The fraction of sp³-hybridized carbons (Fsp3) is 0.316. The number of nitrogens with two attached hydrogens (primary N) is 1. The van der Waals surface area contributed by atoms with Crippen LogP contribution in [0.1, 0.15) is 43.0 Å². The molecular weight excluding hydrogens is 272 g/mol. The Bertz CT molecular complexity index is 620. The second-order valence-corrected chi connectivity index (χ2v) is 5.58. The van der Waals surface area contributed by atoms with Crippen LogP contribution in [0.4, 0.5) is 5.69 Å². The van der Waals surface area contributed by atoms with Gasteiger partial charge in [0.15, 0.2) is 0 Å². The summed E-state index contributed by atoms with van der Waals surface area (Å²) in [5, 5.41) is 3.04. The normalized spacial score (nSPS) is 11.9. The van der Waals surface area contributed by atoms with E-state index in [1.54, 1.807) is 0 Å². The van der Waals surface area contributed by atoms with Crippen LogP contribution in [-0.4, -0.2) is 5.91 Å². The second kappa shape index (κ2) is 7.64. The Balaban J connectivity index is 1.87. The van der Waals surface area contributed by atoms with Crippen molar-refractivity contribution in [3.63, 3.8) is 0 Å². The third-order valence-electron chi connectivity index (χ3n) is 3.94. The van der Waals surface area contributed by atoms with Gasteiger partial charge in [0.25, 0.3) is 0 Å². The van der Waals surface area contributed by atoms with E-state index >= 15 is 0 Å². The zero-order valence-electron chi connectivity index (χ0n) is 13.3. The van der Waals surface area contributed by atoms with Gasteiger partial charge in [-0.05, 0) is 42.5 Å². The molecule has 1 unspecified atom stereocenters. The Hall–Kier alpha value is -2.29. The fourth-order valence-corrected chi connectivity index (χ4v) is 2.45. The standard InChI is InChI=1S/C19H24N2O/c1-3-15-8-10-16(11-9-15)14(2)21-19(22)13-12-17-6-4-5-7-18(17)20/h4-11,14H,3,12-13,20H2,1-2H3,(H,21,22). The molecule has 0 radical (unpaired) electrons. The van der Waals surface area contributed by atoms with Crippen molar-refractivity contribution in [1.82, 2.24) is 5.32 Å². The van der Waals surface area contributed by atoms with E-state index in [-0.39, 0.29) is 11.9 Å². The molecule has 0 saturated heterocycles. The Morgan fingerprint density at radius 1 is 1.14 bits per heavy atom. The van der Waals surface area contributed by atoms with Crippen molar-refractivity contribution in [3.8, 4) is 0 Å². The molecule has 2 aromatic carbocycles. The average Bonchev–Trinajstić information content (AvgIpc) is 2.54. The molecule has 0 heterocycles. The number of benzene rings is 2. The number of aryl methyl sites for hydroxylation is 2. The maximum Gasteiger partial charge on any atom is 0.220 e. The van der Waals surface area contributed by atoms with Crippen molar-refractivity contribution in [2.75, 3.05) is 5.73 Å². The van der Waals surface area contributed by atoms with Gasteiger partial charge in [0, 0.05) is 12.1 Å². The summed E-state index contributed by atoms with van der Waals surface area (Å²) >= 11 is 0. The largest absolute Gasteiger partial charge is 0.399 e. The molecule has 0 fully saturated rings. The van der Waals surface area contributed by atoms with Crippen molar-refractivity contribution in [2.45, 2.75) is 39.2 Å². The Kier molecular flexibility index (Phi) is 5.59. The molecule has 0 saturated carbocycles. The Morgan fingerprint density at radius 3 is 2.45 bits per heavy atom. The van der Waals surface area contributed by atoms with Crippen molar-refractivity contribution < 1.29 is 4.79 Å². The minimum absolute atomic E-state index is 0.0199. The molecule has 0 aliphatic carbocycles. The molecule has 3 heteroatoms. The van der Waals surface area contributed by atoms with E-state index < -0.39 is 0 Å². The van der Waals surface area contributed by atoms with Crippen LogP contribution >= 0.6 is 0 Å². The summed E-state index contributed by atoms with van der Waals surface area (Å²) in [7, 11) is 0. The van der Waals surface area contributed by atoms with Crippen LogP contribution in [-0.2, 0) is 17.6 Å². The van der Waals surface area contributed by atoms with Crippen LogP contribution in [0.25, 0.3) is 0 Å². The number of nitrogens with one attached hydrogen (secondary N) is 1. The second-order valence-electron chi connectivity index (χ2n) is 5.58. The molecule has 3 N–H and O–H groups in total. The van der Waals surface area contributed by atoms with E-state index in [1.807, 2.05) is 31.2 Å². The van der Waals surface area contributed by atoms with Gasteiger partial charge in [0.05, 0.1) is 6.04 Å². The highest BCUT2D eigenvalue weighted by atomic mass is 16.1. The summed E-state index contributed by atoms with van der Waals surface area (Å²) in [4.78, 5) is 12.1. The lowest BCUT2D eigenvalue weighted by molar-refractivity contribution is -0.121. The lowest BCUT2D eigenvalue weighted by Crippen LogP contribution is -2.26. The predicted molar refractivity (Wildman–Crippen MR) is 91.6 cm³/mol. The monoisotopic (exact) mass is 296 g/mol. The fourth-order valence-electron chi connectivity index (χ4n) is 2.45. The van der Waals surface area contributed by atoms with Crippen LogP contribution < -0.4 is 11.1 Å². The first-order chi connectivity index (χ1) is 10.6. The van der Waals surface area contributed by atoms with Crippen molar-refractivity contribution in [3.05, 3.63) is 65.2 Å². The first-order valence-corrected chi connectivity index (χ1v) is 7.81. The van der Waals surface area contributed by atoms with Crippen molar-refractivity contribution in [1.29, 1.82) is 0 Å². The van der Waals surface area contributed by atoms with Crippen LogP contribution in [0.5, 0.6) is 0 Å². The quantitative estimate of drug-likeness (QED) is 0.800. The van der Waals surface area contributed by atoms with E-state index in [9.17, 15) is 4.79 Å². The third kappa shape index (κ3) is 4.35. The van der Waals surface area contributed by atoms with Crippen LogP contribution in [0.15, 0.2) is 48.5 Å². The number of hydrogen-bond acceptors (Lipinski definition) is 2. The lowest BCUT2D eigenvalue weighted by Gasteiger charge is -2.15. The minimum atomic E-state index is 0.0199. The van der Waals surface area contributed by atoms with Crippen LogP contribution in [0.3, 0.4) is 0 Å². The molecule has 0 aliphatic heterocycles. The number of nitrogen functional groups attached to an aromatic ring is 1. The van der Waals surface area contributed by atoms with Gasteiger partial charge in [-0.3, -0.25) is 4.79 Å². The van der Waals surface area contributed by atoms with E-state index in [0.29, 0.717) is 12.8 Å². The lowest BCUT2D eigenvalue weighted by atomic mass is 10.0. The van der Waals surface area contributed by atoms with Crippen LogP contribution in [0.2, 0.25) is 0 Å². The van der Waals surface area contributed by atoms with E-state index in [2.05, 4.69) is 36.5 Å². The summed E-state index contributed by atoms with van der Waals surface area (Å²) in [6.45, 7) is 4.14. The smallest absolute Gasteiger partial charge is 0.220 e. The average molecular weight is 296 g/mol. The first-order valence-electron chi connectivity index (χ1n) is 7.81. The topological polar surface area (TPSA) is 55.1 Å². The van der Waals surface area contributed by atoms with E-state index in [4.69, 9.17) is 5.73 Å². The Labute approximate surface area is 132 Å². The molecule has 0 spiro atoms. The summed E-state index contributed by atoms with van der Waals surface area (Å²) in [6, 6.07) is 16.1. The van der Waals surface area contributed by atoms with Gasteiger partial charge in [-0.2, -0.15) is 0 Å². The Morgan fingerprint density at radius 2 is 1.82 bits per heavy atom. The molecule has 0 aliphatic rings. The summed E-state index contributed by atoms with van der Waals surface area (Å²) in [5.41, 5.74) is 10.1. The number of hydrogen-bond donors (Lipinski definition) is 2. The van der Waals surface area contributed by atoms with Crippen molar-refractivity contribution in [2.24, 2.45) is 0 Å². The third-order valence-corrected chi connectivity index (χ3v) is 3.94. The molecular formula is C19H24N2O. The molecule has 0 aromatic heterocycles. The highest BCUT2D eigenvalue weighted by Crippen LogP contribution is 2.15. The molecule has 1 atom stereocenters. The van der Waals surface area contributed by atoms with Gasteiger partial charge in [-0.25, -0.2) is 0 Å². The minimum Gasteiger partial charge on any atom is -0.399 e. The van der Waals surface area contributed by atoms with Gasteiger partial charge >= 0.3 is 0 Å². The number of amides is 1. The van der Waals surface area contributed by atoms with E-state index in [0.717, 1.165) is 23.2 Å². The molecule has 2 aromatic rings. The molecule has 2 rings (SSSR count). The van der Waals surface area contributed by atoms with Gasteiger partial charge in [0.1, 0.15) is 0 Å². The van der Waals surface area contributed by atoms with Gasteiger partial charge in [-0.15, -0.1) is 0 Å². The SMILES string of the molecule is CCc1ccc(C(C)NC(=O)CCc2ccccc2N)cc1. The number of para-hydroxylation sites is 1. The first kappa shape index (κ1) is 16.1. The molecule has 3 nitrogen and oxygen atoms in total. The molecule has 22 heavy (non-hydrogen) atoms. The van der Waals surface area contributed by atoms with Crippen LogP contribution in [0, 0.1) is 0 Å². The summed E-state index contributed by atoms with van der Waals surface area (Å²) < 4.78 is 0. The maximum absolute atomic E-state index is 12.1. The highest BCUT2D eigenvalue weighted by molar-refractivity contribution is 5.77. The summed E-state index contributed by atoms with van der Waals surface area (Å²) in [6.07, 6.45) is 2.14. The molecule has 1 amide bonds. The highest BCUT2D eigenvalue weighted by Gasteiger charge is 2.10. The van der Waals surface area contributed by atoms with Gasteiger partial charge < -0.3 is 11.1 Å². The molecule has 116 valence electrons. The van der Waals surface area contributed by atoms with E-state index in [1.165, 1.54) is 5.56 Å². The van der Waals surface area contributed by atoms with Gasteiger partial charge in [0.2, 0.25) is 5.91 Å². The predicted octanol–water partition coefficient (Wildman–Crippen LogP) is 3.64. The van der Waals surface area contributed by atoms with Gasteiger partial charge in [-0.1, -0.05) is 49.4 Å². The zero-order chi connectivity index (χ0) is 15.9. The van der Waals surface area contributed by atoms with Crippen molar-refractivity contribution >= 4 is 11.6 Å². The number of carbonyl (C=O) groups is 1. The maximum atomic E-state index is 12.1.